The van der Waals surface area contributed by atoms with E-state index in [9.17, 15) is 57.1 Å². The summed E-state index contributed by atoms with van der Waals surface area (Å²) in [5, 5.41) is 0. The first-order chi connectivity index (χ1) is 11.2. The normalized spacial score (nSPS) is 16.2. The monoisotopic (exact) mass is 434 g/mol. The molecule has 0 aliphatic heterocycles. The molecule has 0 aromatic carbocycles. The molecule has 0 aliphatic carbocycles. The molecule has 0 aromatic rings. The zero-order valence-electron chi connectivity index (χ0n) is 13.5. The van der Waals surface area contributed by atoms with Crippen LogP contribution in [-0.2, 0) is 0 Å². The fraction of sp³-hybridized carbons (Fsp3) is 1.00. The molecule has 0 rings (SSSR count). The van der Waals surface area contributed by atoms with Gasteiger partial charge in [0, 0.05) is 0 Å². The Labute approximate surface area is 140 Å². The lowest BCUT2D eigenvalue weighted by molar-refractivity contribution is -0.434. The third-order valence-electron chi connectivity index (χ3n) is 4.63. The Kier molecular flexibility index (Phi) is 6.55. The molecule has 14 heteroatoms. The van der Waals surface area contributed by atoms with Crippen molar-refractivity contribution in [2.45, 2.75) is 74.3 Å². The van der Waals surface area contributed by atoms with Crippen molar-refractivity contribution in [2.75, 3.05) is 0 Å². The molecule has 0 saturated heterocycles. The molecule has 0 fully saturated rings. The van der Waals surface area contributed by atoms with Crippen LogP contribution in [-0.4, -0.2) is 43.5 Å². The first-order valence-corrected chi connectivity index (χ1v) is 9.76. The number of halogens is 13. The standard InChI is InChI=1S/C12H15F13Si/c1-4-26(5-2,6-3)12(24,25)10(19,20)8(15,16)7(13,14)9(17,18)11(21,22)23/h4-6H2,1-3H3. The van der Waals surface area contributed by atoms with Crippen LogP contribution >= 0.6 is 0 Å². The van der Waals surface area contributed by atoms with Crippen molar-refractivity contribution in [2.24, 2.45) is 0 Å². The lowest BCUT2D eigenvalue weighted by Gasteiger charge is -2.45. The van der Waals surface area contributed by atoms with E-state index in [1.54, 1.807) is 0 Å². The van der Waals surface area contributed by atoms with Gasteiger partial charge in [-0.1, -0.05) is 38.9 Å². The summed E-state index contributed by atoms with van der Waals surface area (Å²) in [7, 11) is -4.80. The Morgan fingerprint density at radius 2 is 0.731 bits per heavy atom. The molecule has 0 unspecified atom stereocenters. The van der Waals surface area contributed by atoms with Crippen molar-refractivity contribution in [1.29, 1.82) is 0 Å². The predicted octanol–water partition coefficient (Wildman–Crippen LogP) is 6.77. The van der Waals surface area contributed by atoms with Gasteiger partial charge in [-0.15, -0.1) is 0 Å². The second-order valence-corrected chi connectivity index (χ2v) is 11.0. The van der Waals surface area contributed by atoms with Crippen LogP contribution in [0.25, 0.3) is 0 Å². The molecule has 0 bridgehead atoms. The Hall–Kier alpha value is -0.693. The number of hydrogen-bond donors (Lipinski definition) is 0. The predicted molar refractivity (Wildman–Crippen MR) is 68.0 cm³/mol. The zero-order valence-corrected chi connectivity index (χ0v) is 14.5. The summed E-state index contributed by atoms with van der Waals surface area (Å²) in [6, 6.07) is -2.46. The Morgan fingerprint density at radius 1 is 0.462 bits per heavy atom. The van der Waals surface area contributed by atoms with Crippen LogP contribution in [0.15, 0.2) is 0 Å². The topological polar surface area (TPSA) is 0 Å². The molecule has 0 nitrogen and oxygen atoms in total. The van der Waals surface area contributed by atoms with Gasteiger partial charge in [-0.2, -0.15) is 48.3 Å². The molecule has 0 aliphatic rings. The lowest BCUT2D eigenvalue weighted by atomic mass is 9.98. The molecule has 0 aromatic heterocycles. The average Bonchev–Trinajstić information content (AvgIpc) is 2.47. The summed E-state index contributed by atoms with van der Waals surface area (Å²) in [5.41, 5.74) is -5.88. The van der Waals surface area contributed by atoms with Crippen molar-refractivity contribution in [1.82, 2.24) is 0 Å². The van der Waals surface area contributed by atoms with Crippen LogP contribution in [0.4, 0.5) is 57.1 Å². The molecule has 26 heavy (non-hydrogen) atoms. The Balaban J connectivity index is 6.59. The highest BCUT2D eigenvalue weighted by atomic mass is 28.3. The van der Waals surface area contributed by atoms with Gasteiger partial charge in [0.1, 0.15) is 8.07 Å². The quantitative estimate of drug-likeness (QED) is 0.292. The van der Waals surface area contributed by atoms with Crippen LogP contribution < -0.4 is 0 Å². The van der Waals surface area contributed by atoms with Crippen molar-refractivity contribution in [3.63, 3.8) is 0 Å². The van der Waals surface area contributed by atoms with E-state index in [0.29, 0.717) is 0 Å². The summed E-state index contributed by atoms with van der Waals surface area (Å²) >= 11 is 0. The fourth-order valence-corrected chi connectivity index (χ4v) is 6.17. The molecule has 0 saturated carbocycles. The number of alkyl halides is 13. The van der Waals surface area contributed by atoms with E-state index in [-0.39, 0.29) is 0 Å². The maximum absolute atomic E-state index is 14.2. The molecule has 158 valence electrons. The van der Waals surface area contributed by atoms with Crippen molar-refractivity contribution in [3.05, 3.63) is 0 Å². The molecule has 0 N–H and O–H groups in total. The van der Waals surface area contributed by atoms with E-state index in [0.717, 1.165) is 20.8 Å². The molecular formula is C12H15F13Si. The van der Waals surface area contributed by atoms with Gasteiger partial charge in [0.2, 0.25) is 0 Å². The smallest absolute Gasteiger partial charge is 0.205 e. The van der Waals surface area contributed by atoms with E-state index in [1.165, 1.54) is 0 Å². The Bertz CT molecular complexity index is 458. The van der Waals surface area contributed by atoms with Crippen molar-refractivity contribution >= 4 is 8.07 Å². The van der Waals surface area contributed by atoms with E-state index >= 15 is 0 Å². The average molecular weight is 434 g/mol. The van der Waals surface area contributed by atoms with Crippen LogP contribution in [0, 0.1) is 0 Å². The van der Waals surface area contributed by atoms with Crippen LogP contribution in [0.5, 0.6) is 0 Å². The van der Waals surface area contributed by atoms with Gasteiger partial charge < -0.3 is 0 Å². The van der Waals surface area contributed by atoms with Crippen LogP contribution in [0.3, 0.4) is 0 Å². The summed E-state index contributed by atoms with van der Waals surface area (Å²) in [6.45, 7) is 2.68. The third-order valence-corrected chi connectivity index (χ3v) is 10.3. The zero-order chi connectivity index (χ0) is 21.6. The highest BCUT2D eigenvalue weighted by Gasteiger charge is 2.91. The van der Waals surface area contributed by atoms with E-state index < -0.39 is 61.6 Å². The summed E-state index contributed by atoms with van der Waals surface area (Å²) in [4.78, 5) is 0. The molecule has 0 heterocycles. The van der Waals surface area contributed by atoms with E-state index in [1.807, 2.05) is 0 Å². The number of rotatable bonds is 8. The van der Waals surface area contributed by atoms with Gasteiger partial charge in [-0.05, 0) is 0 Å². The molecule has 0 spiro atoms. The highest BCUT2D eigenvalue weighted by molar-refractivity contribution is 6.82. The second-order valence-electron chi connectivity index (χ2n) is 5.71. The lowest BCUT2D eigenvalue weighted by Crippen LogP contribution is -2.74. The SMILES string of the molecule is CC[Si](CC)(CC)C(F)(F)C(F)(F)C(F)(F)C(F)(F)C(F)(F)C(F)(F)F. The van der Waals surface area contributed by atoms with Gasteiger partial charge in [-0.3, -0.25) is 0 Å². The van der Waals surface area contributed by atoms with E-state index in [2.05, 4.69) is 0 Å². The highest BCUT2D eigenvalue weighted by Crippen LogP contribution is 2.62. The van der Waals surface area contributed by atoms with Crippen molar-refractivity contribution < 1.29 is 57.1 Å². The molecule has 0 atom stereocenters. The third kappa shape index (κ3) is 2.99. The summed E-state index contributed by atoms with van der Waals surface area (Å²) < 4.78 is 171. The first kappa shape index (κ1) is 25.3. The fourth-order valence-electron chi connectivity index (χ4n) is 2.52. The van der Waals surface area contributed by atoms with Crippen molar-refractivity contribution in [3.8, 4) is 0 Å². The minimum atomic E-state index is -7.82. The van der Waals surface area contributed by atoms with Gasteiger partial charge in [0.15, 0.2) is 0 Å². The summed E-state index contributed by atoms with van der Waals surface area (Å²) in [5.74, 6) is -30.3. The Morgan fingerprint density at radius 3 is 0.962 bits per heavy atom. The van der Waals surface area contributed by atoms with Gasteiger partial charge in [-0.25, -0.2) is 8.78 Å². The largest absolute Gasteiger partial charge is 0.460 e. The first-order valence-electron chi connectivity index (χ1n) is 7.14. The van der Waals surface area contributed by atoms with E-state index in [4.69, 9.17) is 0 Å². The summed E-state index contributed by atoms with van der Waals surface area (Å²) in [6.07, 6.45) is -7.37. The van der Waals surface area contributed by atoms with Crippen LogP contribution in [0.2, 0.25) is 18.1 Å². The molecular weight excluding hydrogens is 419 g/mol. The van der Waals surface area contributed by atoms with Gasteiger partial charge in [0.05, 0.1) is 0 Å². The van der Waals surface area contributed by atoms with Gasteiger partial charge in [0.25, 0.3) is 5.55 Å². The molecule has 0 radical (unpaired) electrons. The minimum absolute atomic E-state index is 0.820. The minimum Gasteiger partial charge on any atom is -0.205 e. The second kappa shape index (κ2) is 6.73. The molecule has 0 amide bonds. The number of hydrogen-bond acceptors (Lipinski definition) is 0. The maximum Gasteiger partial charge on any atom is 0.460 e. The van der Waals surface area contributed by atoms with Crippen LogP contribution in [0.1, 0.15) is 20.8 Å². The maximum atomic E-state index is 14.2. The van der Waals surface area contributed by atoms with Gasteiger partial charge >= 0.3 is 29.9 Å².